The van der Waals surface area contributed by atoms with Gasteiger partial charge in [0.25, 0.3) is 5.91 Å². The maximum atomic E-state index is 12.1. The van der Waals surface area contributed by atoms with Gasteiger partial charge < -0.3 is 11.1 Å². The molecule has 2 aromatic rings. The molecule has 0 aliphatic rings. The zero-order chi connectivity index (χ0) is 15.6. The minimum absolute atomic E-state index is 0.388. The number of rotatable bonds is 4. The second-order valence-corrected chi connectivity index (χ2v) is 6.39. The second kappa shape index (κ2) is 5.83. The summed E-state index contributed by atoms with van der Waals surface area (Å²) < 4.78 is 0. The zero-order valence-corrected chi connectivity index (χ0v) is 13.1. The van der Waals surface area contributed by atoms with E-state index in [0.29, 0.717) is 14.9 Å². The first-order valence-electron chi connectivity index (χ1n) is 6.14. The van der Waals surface area contributed by atoms with E-state index in [-0.39, 0.29) is 0 Å². The molecule has 0 bridgehead atoms. The zero-order valence-electron chi connectivity index (χ0n) is 11.5. The standard InChI is InChI=1S/C14H14ClN3O2S/c1-14(2,13(16)20)18-11(19)10-7-17-12(21-10)8-5-3-4-6-9(8)15/h3-7H,1-2H3,(H2,16,20)(H,18,19). The molecule has 0 aliphatic heterocycles. The summed E-state index contributed by atoms with van der Waals surface area (Å²) >= 11 is 7.30. The molecule has 0 saturated heterocycles. The molecular formula is C14H14ClN3O2S. The van der Waals surface area contributed by atoms with Gasteiger partial charge in [0.2, 0.25) is 5.91 Å². The first-order chi connectivity index (χ1) is 9.81. The lowest BCUT2D eigenvalue weighted by Crippen LogP contribution is -2.52. The van der Waals surface area contributed by atoms with Crippen LogP contribution >= 0.6 is 22.9 Å². The molecule has 0 atom stereocenters. The molecule has 1 aromatic carbocycles. The molecule has 5 nitrogen and oxygen atoms in total. The number of nitrogens with zero attached hydrogens (tertiary/aromatic N) is 1. The fourth-order valence-electron chi connectivity index (χ4n) is 1.55. The van der Waals surface area contributed by atoms with E-state index in [2.05, 4.69) is 10.3 Å². The van der Waals surface area contributed by atoms with E-state index in [9.17, 15) is 9.59 Å². The maximum absolute atomic E-state index is 12.1. The van der Waals surface area contributed by atoms with Crippen LogP contribution in [0.1, 0.15) is 23.5 Å². The quantitative estimate of drug-likeness (QED) is 0.906. The van der Waals surface area contributed by atoms with Crippen molar-refractivity contribution in [3.8, 4) is 10.6 Å². The van der Waals surface area contributed by atoms with Gasteiger partial charge in [-0.2, -0.15) is 0 Å². The Morgan fingerprint density at radius 2 is 2.00 bits per heavy atom. The molecule has 0 spiro atoms. The van der Waals surface area contributed by atoms with Crippen molar-refractivity contribution in [2.24, 2.45) is 5.73 Å². The van der Waals surface area contributed by atoms with Gasteiger partial charge in [-0.1, -0.05) is 29.8 Å². The number of nitrogens with two attached hydrogens (primary N) is 1. The lowest BCUT2D eigenvalue weighted by molar-refractivity contribution is -0.122. The van der Waals surface area contributed by atoms with Crippen LogP contribution in [0.2, 0.25) is 5.02 Å². The first-order valence-corrected chi connectivity index (χ1v) is 7.34. The number of benzene rings is 1. The topological polar surface area (TPSA) is 85.1 Å². The van der Waals surface area contributed by atoms with E-state index < -0.39 is 17.4 Å². The van der Waals surface area contributed by atoms with E-state index in [1.807, 2.05) is 18.2 Å². The van der Waals surface area contributed by atoms with Crippen LogP contribution in [0.25, 0.3) is 10.6 Å². The molecule has 1 aromatic heterocycles. The fourth-order valence-corrected chi connectivity index (χ4v) is 2.68. The van der Waals surface area contributed by atoms with Gasteiger partial charge in [-0.25, -0.2) is 4.98 Å². The highest BCUT2D eigenvalue weighted by Gasteiger charge is 2.28. The van der Waals surface area contributed by atoms with Gasteiger partial charge in [-0.05, 0) is 19.9 Å². The minimum Gasteiger partial charge on any atom is -0.368 e. The normalized spacial score (nSPS) is 11.2. The van der Waals surface area contributed by atoms with E-state index in [4.69, 9.17) is 17.3 Å². The van der Waals surface area contributed by atoms with Crippen molar-refractivity contribution in [2.45, 2.75) is 19.4 Å². The number of hydrogen-bond acceptors (Lipinski definition) is 4. The number of carbonyl (C=O) groups is 2. The summed E-state index contributed by atoms with van der Waals surface area (Å²) in [6.07, 6.45) is 1.45. The third-order valence-electron chi connectivity index (χ3n) is 2.88. The van der Waals surface area contributed by atoms with Gasteiger partial charge in [0, 0.05) is 5.56 Å². The summed E-state index contributed by atoms with van der Waals surface area (Å²) in [4.78, 5) is 27.9. The molecular weight excluding hydrogens is 310 g/mol. The summed E-state index contributed by atoms with van der Waals surface area (Å²) in [5.74, 6) is -0.999. The molecule has 2 rings (SSSR count). The molecule has 2 amide bonds. The predicted octanol–water partition coefficient (Wildman–Crippen LogP) is 2.46. The van der Waals surface area contributed by atoms with Crippen LogP contribution in [0.4, 0.5) is 0 Å². The number of amides is 2. The molecule has 0 radical (unpaired) electrons. The molecule has 7 heteroatoms. The third kappa shape index (κ3) is 3.40. The Hall–Kier alpha value is -1.92. The van der Waals surface area contributed by atoms with E-state index in [1.165, 1.54) is 17.5 Å². The van der Waals surface area contributed by atoms with Gasteiger partial charge in [0.15, 0.2) is 0 Å². The second-order valence-electron chi connectivity index (χ2n) is 4.95. The first kappa shape index (κ1) is 15.5. The lowest BCUT2D eigenvalue weighted by Gasteiger charge is -2.21. The Labute approximate surface area is 131 Å². The lowest BCUT2D eigenvalue weighted by atomic mass is 10.1. The molecule has 110 valence electrons. The Morgan fingerprint density at radius 3 is 2.62 bits per heavy atom. The monoisotopic (exact) mass is 323 g/mol. The Balaban J connectivity index is 2.23. The number of aromatic nitrogens is 1. The van der Waals surface area contributed by atoms with Crippen LogP contribution in [-0.4, -0.2) is 22.3 Å². The predicted molar refractivity (Wildman–Crippen MR) is 83.3 cm³/mol. The van der Waals surface area contributed by atoms with Gasteiger partial charge in [0.05, 0.1) is 11.2 Å². The number of primary amides is 1. The van der Waals surface area contributed by atoms with Crippen molar-refractivity contribution in [1.82, 2.24) is 10.3 Å². The number of thiazole rings is 1. The van der Waals surface area contributed by atoms with Crippen LogP contribution in [0.5, 0.6) is 0 Å². The smallest absolute Gasteiger partial charge is 0.263 e. The Bertz CT molecular complexity index is 697. The Morgan fingerprint density at radius 1 is 1.33 bits per heavy atom. The summed E-state index contributed by atoms with van der Waals surface area (Å²) in [5, 5.41) is 3.78. The van der Waals surface area contributed by atoms with Crippen LogP contribution in [-0.2, 0) is 4.79 Å². The highest BCUT2D eigenvalue weighted by atomic mass is 35.5. The average molecular weight is 324 g/mol. The average Bonchev–Trinajstić information content (AvgIpc) is 2.88. The molecule has 0 aliphatic carbocycles. The van der Waals surface area contributed by atoms with E-state index in [1.54, 1.807) is 19.9 Å². The van der Waals surface area contributed by atoms with Crippen molar-refractivity contribution in [3.63, 3.8) is 0 Å². The van der Waals surface area contributed by atoms with Crippen molar-refractivity contribution < 1.29 is 9.59 Å². The summed E-state index contributed by atoms with van der Waals surface area (Å²) in [7, 11) is 0. The van der Waals surface area contributed by atoms with Crippen LogP contribution in [0.15, 0.2) is 30.5 Å². The molecule has 0 saturated carbocycles. The van der Waals surface area contributed by atoms with Gasteiger partial charge in [0.1, 0.15) is 15.4 Å². The van der Waals surface area contributed by atoms with E-state index >= 15 is 0 Å². The molecule has 1 heterocycles. The molecule has 21 heavy (non-hydrogen) atoms. The maximum Gasteiger partial charge on any atom is 0.263 e. The van der Waals surface area contributed by atoms with Crippen molar-refractivity contribution >= 4 is 34.8 Å². The van der Waals surface area contributed by atoms with Gasteiger partial charge >= 0.3 is 0 Å². The van der Waals surface area contributed by atoms with Crippen LogP contribution < -0.4 is 11.1 Å². The number of hydrogen-bond donors (Lipinski definition) is 2. The minimum atomic E-state index is -1.12. The van der Waals surface area contributed by atoms with Gasteiger partial charge in [-0.3, -0.25) is 9.59 Å². The molecule has 3 N–H and O–H groups in total. The van der Waals surface area contributed by atoms with Crippen molar-refractivity contribution in [2.75, 3.05) is 0 Å². The largest absolute Gasteiger partial charge is 0.368 e. The highest BCUT2D eigenvalue weighted by molar-refractivity contribution is 7.17. The summed E-state index contributed by atoms with van der Waals surface area (Å²) in [6.45, 7) is 3.09. The number of carbonyl (C=O) groups excluding carboxylic acids is 2. The van der Waals surface area contributed by atoms with E-state index in [0.717, 1.165) is 5.56 Å². The van der Waals surface area contributed by atoms with Crippen LogP contribution in [0.3, 0.4) is 0 Å². The fraction of sp³-hybridized carbons (Fsp3) is 0.214. The van der Waals surface area contributed by atoms with Crippen LogP contribution in [0, 0.1) is 0 Å². The molecule has 0 fully saturated rings. The summed E-state index contributed by atoms with van der Waals surface area (Å²) in [6, 6.07) is 7.26. The van der Waals surface area contributed by atoms with Gasteiger partial charge in [-0.15, -0.1) is 11.3 Å². The highest BCUT2D eigenvalue weighted by Crippen LogP contribution is 2.30. The summed E-state index contributed by atoms with van der Waals surface area (Å²) in [5.41, 5.74) is 4.87. The SMILES string of the molecule is CC(C)(NC(=O)c1cnc(-c2ccccc2Cl)s1)C(N)=O. The van der Waals surface area contributed by atoms with Crippen molar-refractivity contribution in [1.29, 1.82) is 0 Å². The van der Waals surface area contributed by atoms with Crippen molar-refractivity contribution in [3.05, 3.63) is 40.4 Å². The number of halogens is 1. The number of nitrogens with one attached hydrogen (secondary N) is 1. The third-order valence-corrected chi connectivity index (χ3v) is 4.23. The molecule has 0 unspecified atom stereocenters. The Kier molecular flexibility index (Phi) is 4.29.